The van der Waals surface area contributed by atoms with Crippen LogP contribution in [0.25, 0.3) is 0 Å². The maximum Gasteiger partial charge on any atom is 0.407 e. The number of nitrogens with two attached hydrogens (primary N) is 1. The monoisotopic (exact) mass is 299 g/mol. The lowest BCUT2D eigenvalue weighted by Crippen LogP contribution is -2.52. The van der Waals surface area contributed by atoms with Crippen LogP contribution in [0.3, 0.4) is 0 Å². The number of hydrogen-bond donors (Lipinski definition) is 2. The molecule has 0 unspecified atom stereocenters. The Bertz CT molecular complexity index is 357. The fraction of sp³-hybridized carbons (Fsp3) is 0.857. The first-order chi connectivity index (χ1) is 9.73. The zero-order valence-electron chi connectivity index (χ0n) is 13.8. The van der Waals surface area contributed by atoms with Gasteiger partial charge in [0.05, 0.1) is 0 Å². The number of amides is 1. The van der Waals surface area contributed by atoms with Crippen LogP contribution in [0.15, 0.2) is 4.99 Å². The highest BCUT2D eigenvalue weighted by atomic mass is 16.6. The molecule has 1 rings (SSSR count). The Hall–Kier alpha value is -1.34. The molecule has 0 heterocycles. The SMILES string of the molecule is CN=CN([C@H]1CC[C@H](NC(=O)OC(C)(C)C)CC1)N(C)N. The number of alkyl carbamates (subject to hydrolysis) is 1. The standard InChI is InChI=1S/C14H29N5O2/c1-14(2,3)21-13(20)17-11-6-8-12(9-7-11)19(10-16-4)18(5)15/h10-12H,6-9,15H2,1-5H3,(H,17,20)/t11-,12-. The molecular formula is C14H29N5O2. The molecule has 3 N–H and O–H groups in total. The first-order valence-electron chi connectivity index (χ1n) is 7.41. The average Bonchev–Trinajstić information content (AvgIpc) is 2.34. The molecule has 7 nitrogen and oxygen atoms in total. The predicted octanol–water partition coefficient (Wildman–Crippen LogP) is 1.50. The third-order valence-electron chi connectivity index (χ3n) is 3.39. The minimum atomic E-state index is -0.460. The molecule has 0 atom stereocenters. The van der Waals surface area contributed by atoms with Gasteiger partial charge in [-0.05, 0) is 46.5 Å². The number of ether oxygens (including phenoxy) is 1. The number of nitrogens with one attached hydrogen (secondary N) is 1. The summed E-state index contributed by atoms with van der Waals surface area (Å²) in [5.41, 5.74) is -0.460. The number of hydrazine groups is 2. The number of carbonyl (C=O) groups excluding carboxylic acids is 1. The summed E-state index contributed by atoms with van der Waals surface area (Å²) in [6.45, 7) is 5.59. The molecule has 1 amide bonds. The first kappa shape index (κ1) is 17.7. The van der Waals surface area contributed by atoms with Gasteiger partial charge in [-0.15, -0.1) is 0 Å². The second kappa shape index (κ2) is 7.61. The lowest BCUT2D eigenvalue weighted by molar-refractivity contribution is 0.0177. The van der Waals surface area contributed by atoms with Gasteiger partial charge in [-0.2, -0.15) is 5.12 Å². The molecule has 0 aromatic rings. The van der Waals surface area contributed by atoms with Gasteiger partial charge >= 0.3 is 6.09 Å². The van der Waals surface area contributed by atoms with Crippen molar-refractivity contribution in [1.29, 1.82) is 0 Å². The zero-order valence-corrected chi connectivity index (χ0v) is 13.8. The van der Waals surface area contributed by atoms with E-state index in [0.717, 1.165) is 25.7 Å². The molecule has 1 aliphatic rings. The molecule has 1 fully saturated rings. The minimum Gasteiger partial charge on any atom is -0.444 e. The molecule has 0 aliphatic heterocycles. The summed E-state index contributed by atoms with van der Waals surface area (Å²) in [7, 11) is 3.53. The van der Waals surface area contributed by atoms with Crippen molar-refractivity contribution in [3.63, 3.8) is 0 Å². The lowest BCUT2D eigenvalue weighted by Gasteiger charge is -2.38. The van der Waals surface area contributed by atoms with Gasteiger partial charge in [-0.3, -0.25) is 15.8 Å². The summed E-state index contributed by atoms with van der Waals surface area (Å²) in [6.07, 6.45) is 5.13. The highest BCUT2D eigenvalue weighted by Gasteiger charge is 2.28. The van der Waals surface area contributed by atoms with Crippen LogP contribution < -0.4 is 11.2 Å². The van der Waals surface area contributed by atoms with Crippen molar-refractivity contribution >= 4 is 12.4 Å². The fourth-order valence-corrected chi connectivity index (χ4v) is 2.51. The average molecular weight is 299 g/mol. The number of aliphatic imine (C=N–C) groups is 1. The van der Waals surface area contributed by atoms with Gasteiger partial charge < -0.3 is 10.1 Å². The van der Waals surface area contributed by atoms with Crippen LogP contribution in [-0.4, -0.2) is 54.3 Å². The molecular weight excluding hydrogens is 270 g/mol. The zero-order chi connectivity index (χ0) is 16.0. The van der Waals surface area contributed by atoms with E-state index in [-0.39, 0.29) is 12.1 Å². The van der Waals surface area contributed by atoms with Gasteiger partial charge in [0.15, 0.2) is 0 Å². The number of carbonyl (C=O) groups is 1. The van der Waals surface area contributed by atoms with Crippen molar-refractivity contribution in [2.45, 2.75) is 64.1 Å². The number of nitrogens with zero attached hydrogens (tertiary/aromatic N) is 3. The summed E-state index contributed by atoms with van der Waals surface area (Å²) < 4.78 is 5.28. The van der Waals surface area contributed by atoms with Crippen molar-refractivity contribution in [2.75, 3.05) is 14.1 Å². The Morgan fingerprint density at radius 2 is 1.90 bits per heavy atom. The van der Waals surface area contributed by atoms with Crippen LogP contribution in [0.5, 0.6) is 0 Å². The van der Waals surface area contributed by atoms with E-state index < -0.39 is 5.60 Å². The van der Waals surface area contributed by atoms with Gasteiger partial charge in [0.25, 0.3) is 0 Å². The van der Waals surface area contributed by atoms with Crippen LogP contribution in [0, 0.1) is 0 Å². The third kappa shape index (κ3) is 6.31. The molecule has 1 aliphatic carbocycles. The van der Waals surface area contributed by atoms with Crippen molar-refractivity contribution in [1.82, 2.24) is 15.4 Å². The minimum absolute atomic E-state index is 0.166. The van der Waals surface area contributed by atoms with Crippen LogP contribution in [0.4, 0.5) is 4.79 Å². The molecule has 1 saturated carbocycles. The fourth-order valence-electron chi connectivity index (χ4n) is 2.51. The predicted molar refractivity (Wildman–Crippen MR) is 83.6 cm³/mol. The van der Waals surface area contributed by atoms with Gasteiger partial charge in [0.1, 0.15) is 11.9 Å². The molecule has 0 saturated heterocycles. The molecule has 0 aromatic heterocycles. The van der Waals surface area contributed by atoms with Crippen LogP contribution in [0.2, 0.25) is 0 Å². The van der Waals surface area contributed by atoms with Gasteiger partial charge in [0.2, 0.25) is 0 Å². The maximum absolute atomic E-state index is 11.8. The molecule has 122 valence electrons. The van der Waals surface area contributed by atoms with Crippen molar-refractivity contribution in [2.24, 2.45) is 10.8 Å². The van der Waals surface area contributed by atoms with Crippen LogP contribution in [0.1, 0.15) is 46.5 Å². The second-order valence-electron chi connectivity index (χ2n) is 6.48. The Kier molecular flexibility index (Phi) is 6.42. The summed E-state index contributed by atoms with van der Waals surface area (Å²) in [6, 6.07) is 0.486. The Morgan fingerprint density at radius 3 is 2.33 bits per heavy atom. The van der Waals surface area contributed by atoms with E-state index >= 15 is 0 Å². The number of rotatable bonds is 4. The third-order valence-corrected chi connectivity index (χ3v) is 3.39. The topological polar surface area (TPSA) is 83.2 Å². The first-order valence-corrected chi connectivity index (χ1v) is 7.41. The van der Waals surface area contributed by atoms with E-state index in [0.29, 0.717) is 6.04 Å². The molecule has 21 heavy (non-hydrogen) atoms. The quantitative estimate of drug-likeness (QED) is 0.356. The molecule has 0 spiro atoms. The van der Waals surface area contributed by atoms with E-state index in [1.54, 1.807) is 25.6 Å². The van der Waals surface area contributed by atoms with E-state index in [1.165, 1.54) is 0 Å². The van der Waals surface area contributed by atoms with E-state index in [1.807, 2.05) is 25.8 Å². The van der Waals surface area contributed by atoms with E-state index in [4.69, 9.17) is 10.6 Å². The highest BCUT2D eigenvalue weighted by molar-refractivity contribution is 5.68. The Balaban J connectivity index is 2.43. The summed E-state index contributed by atoms with van der Waals surface area (Å²) >= 11 is 0. The van der Waals surface area contributed by atoms with Gasteiger partial charge in [-0.1, -0.05) is 0 Å². The Morgan fingerprint density at radius 1 is 1.33 bits per heavy atom. The van der Waals surface area contributed by atoms with Gasteiger partial charge in [-0.25, -0.2) is 4.79 Å². The molecule has 0 bridgehead atoms. The number of hydrogen-bond acceptors (Lipinski definition) is 5. The lowest BCUT2D eigenvalue weighted by atomic mass is 9.91. The van der Waals surface area contributed by atoms with Crippen molar-refractivity contribution < 1.29 is 9.53 Å². The molecule has 0 aromatic carbocycles. The summed E-state index contributed by atoms with van der Waals surface area (Å²) in [4.78, 5) is 15.8. The molecule has 0 radical (unpaired) electrons. The largest absolute Gasteiger partial charge is 0.444 e. The van der Waals surface area contributed by atoms with Crippen LogP contribution >= 0.6 is 0 Å². The van der Waals surface area contributed by atoms with Crippen LogP contribution in [-0.2, 0) is 4.74 Å². The molecule has 7 heteroatoms. The van der Waals surface area contributed by atoms with Gasteiger partial charge in [0, 0.05) is 26.2 Å². The van der Waals surface area contributed by atoms with Crippen molar-refractivity contribution in [3.05, 3.63) is 0 Å². The Labute approximate surface area is 127 Å². The maximum atomic E-state index is 11.8. The summed E-state index contributed by atoms with van der Waals surface area (Å²) in [5, 5.41) is 6.43. The van der Waals surface area contributed by atoms with Crippen molar-refractivity contribution in [3.8, 4) is 0 Å². The van der Waals surface area contributed by atoms with E-state index in [9.17, 15) is 4.79 Å². The highest BCUT2D eigenvalue weighted by Crippen LogP contribution is 2.23. The smallest absolute Gasteiger partial charge is 0.407 e. The van der Waals surface area contributed by atoms with E-state index in [2.05, 4.69) is 10.3 Å². The normalized spacial score (nSPS) is 23.4. The second-order valence-corrected chi connectivity index (χ2v) is 6.48. The summed E-state index contributed by atoms with van der Waals surface area (Å²) in [5.74, 6) is 5.82.